The van der Waals surface area contributed by atoms with E-state index in [2.05, 4.69) is 36.8 Å². The average molecular weight is 556 g/mol. The molecule has 9 heteroatoms. The Bertz CT molecular complexity index is 1290. The highest BCUT2D eigenvalue weighted by Gasteiger charge is 2.23. The number of aromatic carboxylic acids is 1. The molecule has 0 spiro atoms. The normalized spacial score (nSPS) is 12.0. The van der Waals surface area contributed by atoms with Gasteiger partial charge in [-0.1, -0.05) is 58.0 Å². The molecule has 0 aliphatic rings. The number of aryl methyl sites for hydroxylation is 1. The van der Waals surface area contributed by atoms with E-state index in [0.29, 0.717) is 47.4 Å². The molecule has 210 valence electrons. The lowest BCUT2D eigenvalue weighted by Crippen LogP contribution is -2.33. The number of benzene rings is 2. The van der Waals surface area contributed by atoms with Crippen molar-refractivity contribution in [2.24, 2.45) is 11.8 Å². The molecule has 2 N–H and O–H groups in total. The summed E-state index contributed by atoms with van der Waals surface area (Å²) in [5.41, 5.74) is 2.97. The number of carbonyl (C=O) groups excluding carboxylic acids is 1. The summed E-state index contributed by atoms with van der Waals surface area (Å²) >= 11 is 4.37. The number of halogens is 1. The Kier molecular flexibility index (Phi) is 11.0. The van der Waals surface area contributed by atoms with E-state index in [0.717, 1.165) is 24.2 Å². The van der Waals surface area contributed by atoms with Crippen LogP contribution in [-0.2, 0) is 24.3 Å². The third kappa shape index (κ3) is 7.62. The first-order chi connectivity index (χ1) is 18.7. The van der Waals surface area contributed by atoms with Crippen molar-refractivity contribution in [2.75, 3.05) is 12.4 Å². The molecule has 0 aliphatic carbocycles. The molecule has 1 atom stereocenters. The number of nitrogens with zero attached hydrogens (tertiary/aromatic N) is 2. The summed E-state index contributed by atoms with van der Waals surface area (Å²) in [6.07, 6.45) is 2.14. The van der Waals surface area contributed by atoms with Crippen molar-refractivity contribution in [2.45, 2.75) is 60.0 Å². The van der Waals surface area contributed by atoms with E-state index in [1.54, 1.807) is 30.3 Å². The molecule has 7 nitrogen and oxygen atoms in total. The summed E-state index contributed by atoms with van der Waals surface area (Å²) in [7, 11) is 0. The quantitative estimate of drug-likeness (QED) is 0.212. The highest BCUT2D eigenvalue weighted by molar-refractivity contribution is 7.80. The summed E-state index contributed by atoms with van der Waals surface area (Å²) in [5.74, 6) is -0.993. The summed E-state index contributed by atoms with van der Waals surface area (Å²) < 4.78 is 23.2. The Morgan fingerprint density at radius 1 is 1.18 bits per heavy atom. The van der Waals surface area contributed by atoms with Gasteiger partial charge in [0.1, 0.15) is 5.82 Å². The second kappa shape index (κ2) is 14.2. The first-order valence-electron chi connectivity index (χ1n) is 13.4. The molecule has 39 heavy (non-hydrogen) atoms. The standard InChI is InChI=1S/C30H38FN3O4S/c1-5-13-38-30-33-26(6-2)27(16-32-28(35)22(18-39)14-19(3)4)34(30)17-21-12-11-20(15-25(21)31)23-9-7-8-10-24(23)29(36)37/h7-12,15,19,22,39H,5-6,13-14,16-18H2,1-4H3,(H,32,35)(H,36,37). The zero-order valence-corrected chi connectivity index (χ0v) is 23.9. The molecule has 0 aliphatic heterocycles. The Balaban J connectivity index is 1.94. The number of aromatic nitrogens is 2. The second-order valence-electron chi connectivity index (χ2n) is 9.96. The van der Waals surface area contributed by atoms with Crippen molar-refractivity contribution in [1.82, 2.24) is 14.9 Å². The maximum atomic E-state index is 15.4. The van der Waals surface area contributed by atoms with Gasteiger partial charge in [0.15, 0.2) is 0 Å². The lowest BCUT2D eigenvalue weighted by atomic mass is 9.98. The second-order valence-corrected chi connectivity index (χ2v) is 10.3. The predicted octanol–water partition coefficient (Wildman–Crippen LogP) is 6.00. The first-order valence-corrected chi connectivity index (χ1v) is 14.0. The van der Waals surface area contributed by atoms with Gasteiger partial charge >= 0.3 is 5.97 Å². The van der Waals surface area contributed by atoms with Crippen molar-refractivity contribution < 1.29 is 23.8 Å². The van der Waals surface area contributed by atoms with Crippen molar-refractivity contribution in [1.29, 1.82) is 0 Å². The molecule has 0 bridgehead atoms. The van der Waals surface area contributed by atoms with Gasteiger partial charge in [-0.05, 0) is 48.4 Å². The number of thiol groups is 1. The first kappa shape index (κ1) is 30.2. The van der Waals surface area contributed by atoms with Crippen LogP contribution in [0.3, 0.4) is 0 Å². The minimum atomic E-state index is -1.07. The van der Waals surface area contributed by atoms with Gasteiger partial charge in [-0.3, -0.25) is 9.36 Å². The van der Waals surface area contributed by atoms with Crippen LogP contribution in [0.15, 0.2) is 42.5 Å². The fourth-order valence-corrected chi connectivity index (χ4v) is 4.86. The topological polar surface area (TPSA) is 93.5 Å². The van der Waals surface area contributed by atoms with E-state index < -0.39 is 11.8 Å². The fourth-order valence-electron chi connectivity index (χ4n) is 4.54. The minimum Gasteiger partial charge on any atom is -0.478 e. The van der Waals surface area contributed by atoms with Gasteiger partial charge in [0.25, 0.3) is 6.01 Å². The van der Waals surface area contributed by atoms with Crippen molar-refractivity contribution in [3.63, 3.8) is 0 Å². The zero-order chi connectivity index (χ0) is 28.5. The molecule has 3 aromatic rings. The van der Waals surface area contributed by atoms with Crippen LogP contribution in [0, 0.1) is 17.7 Å². The molecule has 0 saturated carbocycles. The van der Waals surface area contributed by atoms with E-state index in [1.807, 2.05) is 18.4 Å². The Morgan fingerprint density at radius 2 is 1.92 bits per heavy atom. The van der Waals surface area contributed by atoms with Crippen molar-refractivity contribution >= 4 is 24.5 Å². The van der Waals surface area contributed by atoms with E-state index in [1.165, 1.54) is 12.1 Å². The van der Waals surface area contributed by atoms with Crippen LogP contribution in [-0.4, -0.2) is 38.9 Å². The molecule has 0 radical (unpaired) electrons. The number of carboxylic acids is 1. The van der Waals surface area contributed by atoms with Crippen LogP contribution in [0.5, 0.6) is 6.01 Å². The summed E-state index contributed by atoms with van der Waals surface area (Å²) in [6, 6.07) is 11.6. The maximum Gasteiger partial charge on any atom is 0.336 e. The van der Waals surface area contributed by atoms with Gasteiger partial charge in [-0.25, -0.2) is 9.18 Å². The van der Waals surface area contributed by atoms with E-state index in [9.17, 15) is 14.7 Å². The van der Waals surface area contributed by atoms with Gasteiger partial charge in [0.05, 0.1) is 36.6 Å². The van der Waals surface area contributed by atoms with Gasteiger partial charge in [0.2, 0.25) is 5.91 Å². The number of carboxylic acid groups (broad SMARTS) is 1. The van der Waals surface area contributed by atoms with E-state index in [-0.39, 0.29) is 30.5 Å². The molecule has 0 saturated heterocycles. The zero-order valence-electron chi connectivity index (χ0n) is 23.0. The fraction of sp³-hybridized carbons (Fsp3) is 0.433. The van der Waals surface area contributed by atoms with Crippen LogP contribution < -0.4 is 10.1 Å². The number of amides is 1. The van der Waals surface area contributed by atoms with Crippen LogP contribution in [0.1, 0.15) is 67.8 Å². The monoisotopic (exact) mass is 555 g/mol. The predicted molar refractivity (Wildman–Crippen MR) is 154 cm³/mol. The molecule has 2 aromatic carbocycles. The average Bonchev–Trinajstić information content (AvgIpc) is 3.25. The third-order valence-electron chi connectivity index (χ3n) is 6.52. The van der Waals surface area contributed by atoms with Gasteiger partial charge < -0.3 is 15.2 Å². The largest absolute Gasteiger partial charge is 0.478 e. The number of carbonyl (C=O) groups is 2. The van der Waals surface area contributed by atoms with Crippen molar-refractivity contribution in [3.8, 4) is 17.1 Å². The number of hydrogen-bond donors (Lipinski definition) is 3. The van der Waals surface area contributed by atoms with Crippen LogP contribution in [0.25, 0.3) is 11.1 Å². The molecule has 0 fully saturated rings. The number of hydrogen-bond acceptors (Lipinski definition) is 5. The highest BCUT2D eigenvalue weighted by atomic mass is 32.1. The molecule has 1 aromatic heterocycles. The number of imidazole rings is 1. The number of nitrogens with one attached hydrogen (secondary N) is 1. The van der Waals surface area contributed by atoms with Crippen LogP contribution in [0.4, 0.5) is 4.39 Å². The third-order valence-corrected chi connectivity index (χ3v) is 6.96. The van der Waals surface area contributed by atoms with Gasteiger partial charge in [-0.2, -0.15) is 17.6 Å². The molecular weight excluding hydrogens is 517 g/mol. The van der Waals surface area contributed by atoms with Gasteiger partial charge in [0, 0.05) is 17.2 Å². The minimum absolute atomic E-state index is 0.0721. The van der Waals surface area contributed by atoms with E-state index >= 15 is 4.39 Å². The number of rotatable bonds is 14. The maximum absolute atomic E-state index is 15.4. The SMILES string of the molecule is CCCOc1nc(CC)c(CNC(=O)C(CS)CC(C)C)n1Cc1ccc(-c2ccccc2C(=O)O)cc1F. The summed E-state index contributed by atoms with van der Waals surface area (Å²) in [6.45, 7) is 8.96. The molecule has 1 amide bonds. The molecule has 1 heterocycles. The Labute approximate surface area is 235 Å². The summed E-state index contributed by atoms with van der Waals surface area (Å²) in [4.78, 5) is 29.2. The van der Waals surface area contributed by atoms with Crippen molar-refractivity contribution in [3.05, 3.63) is 70.8 Å². The smallest absolute Gasteiger partial charge is 0.336 e. The molecule has 3 rings (SSSR count). The van der Waals surface area contributed by atoms with Gasteiger partial charge in [-0.15, -0.1) is 0 Å². The van der Waals surface area contributed by atoms with Crippen LogP contribution in [0.2, 0.25) is 0 Å². The molecule has 1 unspecified atom stereocenters. The van der Waals surface area contributed by atoms with E-state index in [4.69, 9.17) is 4.74 Å². The summed E-state index contributed by atoms with van der Waals surface area (Å²) in [5, 5.41) is 12.6. The Morgan fingerprint density at radius 3 is 2.54 bits per heavy atom. The highest BCUT2D eigenvalue weighted by Crippen LogP contribution is 2.28. The van der Waals surface area contributed by atoms with Crippen LogP contribution >= 0.6 is 12.6 Å². The molecular formula is C30H38FN3O4S. The lowest BCUT2D eigenvalue weighted by molar-refractivity contribution is -0.125. The number of ether oxygens (including phenoxy) is 1. The lowest BCUT2D eigenvalue weighted by Gasteiger charge is -2.18. The Hall–Kier alpha value is -3.33.